The van der Waals surface area contributed by atoms with Crippen LogP contribution in [-0.2, 0) is 17.6 Å². The summed E-state index contributed by atoms with van der Waals surface area (Å²) in [5.41, 5.74) is 5.82. The Morgan fingerprint density at radius 2 is 1.96 bits per heavy atom. The molecule has 5 heteroatoms. The van der Waals surface area contributed by atoms with E-state index in [1.165, 1.54) is 17.5 Å². The first-order valence-corrected chi connectivity index (χ1v) is 9.51. The van der Waals surface area contributed by atoms with Crippen molar-refractivity contribution in [1.29, 1.82) is 0 Å². The Morgan fingerprint density at radius 1 is 1.11 bits per heavy atom. The van der Waals surface area contributed by atoms with Gasteiger partial charge in [0.25, 0.3) is 5.89 Å². The minimum Gasteiger partial charge on any atom is -0.334 e. The Morgan fingerprint density at radius 3 is 2.85 bits per heavy atom. The highest BCUT2D eigenvalue weighted by Crippen LogP contribution is 2.34. The van der Waals surface area contributed by atoms with Crippen molar-refractivity contribution < 1.29 is 9.32 Å². The Kier molecular flexibility index (Phi) is 3.81. The van der Waals surface area contributed by atoms with Crippen LogP contribution < -0.4 is 4.90 Å². The molecule has 2 heterocycles. The predicted molar refractivity (Wildman–Crippen MR) is 103 cm³/mol. The third-order valence-electron chi connectivity index (χ3n) is 5.70. The number of aryl methyl sites for hydroxylation is 3. The third kappa shape index (κ3) is 2.83. The van der Waals surface area contributed by atoms with Crippen LogP contribution in [0.2, 0.25) is 0 Å². The first-order valence-electron chi connectivity index (χ1n) is 9.51. The highest BCUT2D eigenvalue weighted by molar-refractivity contribution is 5.96. The van der Waals surface area contributed by atoms with E-state index in [9.17, 15) is 4.79 Å². The molecule has 1 saturated heterocycles. The first-order chi connectivity index (χ1) is 13.2. The van der Waals surface area contributed by atoms with Gasteiger partial charge < -0.3 is 9.42 Å². The van der Waals surface area contributed by atoms with E-state index < -0.39 is 0 Å². The number of carbonyl (C=O) groups excluding carboxylic acids is 1. The van der Waals surface area contributed by atoms with Crippen molar-refractivity contribution >= 4 is 11.6 Å². The number of hydrogen-bond acceptors (Lipinski definition) is 4. The van der Waals surface area contributed by atoms with Gasteiger partial charge in [0, 0.05) is 30.1 Å². The van der Waals surface area contributed by atoms with Gasteiger partial charge in [0.15, 0.2) is 5.82 Å². The van der Waals surface area contributed by atoms with Crippen LogP contribution in [-0.4, -0.2) is 22.6 Å². The van der Waals surface area contributed by atoms with Crippen molar-refractivity contribution in [2.75, 3.05) is 11.4 Å². The fraction of sp³-hybridized carbons (Fsp3) is 0.318. The van der Waals surface area contributed by atoms with E-state index in [1.807, 2.05) is 36.1 Å². The molecule has 2 aliphatic rings. The van der Waals surface area contributed by atoms with Gasteiger partial charge in [-0.15, -0.1) is 0 Å². The number of fused-ring (bicyclic) bond motifs is 1. The van der Waals surface area contributed by atoms with Crippen LogP contribution in [0.1, 0.15) is 41.3 Å². The van der Waals surface area contributed by atoms with Gasteiger partial charge in [-0.3, -0.25) is 4.79 Å². The Balaban J connectivity index is 1.39. The molecule has 1 unspecified atom stereocenters. The molecule has 0 saturated carbocycles. The summed E-state index contributed by atoms with van der Waals surface area (Å²) in [6.45, 7) is 2.62. The number of aromatic nitrogens is 2. The van der Waals surface area contributed by atoms with E-state index in [-0.39, 0.29) is 11.8 Å². The molecule has 1 fully saturated rings. The SMILES string of the molecule is Cc1ccccc1-c1nc(C2CC(=O)N(c3ccc4c(c3)CCC4)C2)no1. The first kappa shape index (κ1) is 16.2. The summed E-state index contributed by atoms with van der Waals surface area (Å²) >= 11 is 0. The van der Waals surface area contributed by atoms with Crippen LogP contribution in [0, 0.1) is 6.92 Å². The average molecular weight is 359 g/mol. The molecular weight excluding hydrogens is 338 g/mol. The smallest absolute Gasteiger partial charge is 0.258 e. The molecule has 27 heavy (non-hydrogen) atoms. The van der Waals surface area contributed by atoms with Gasteiger partial charge in [0.1, 0.15) is 0 Å². The summed E-state index contributed by atoms with van der Waals surface area (Å²) in [6.07, 6.45) is 3.89. The standard InChI is InChI=1S/C22H21N3O2/c1-14-5-2-3-8-19(14)22-23-21(24-27-22)17-12-20(26)25(13-17)18-10-9-15-6-4-7-16(15)11-18/h2-3,5,8-11,17H,4,6-7,12-13H2,1H3. The van der Waals surface area contributed by atoms with E-state index in [1.54, 1.807) is 0 Å². The van der Waals surface area contributed by atoms with Crippen molar-refractivity contribution in [2.45, 2.75) is 38.5 Å². The topological polar surface area (TPSA) is 59.2 Å². The molecule has 0 spiro atoms. The average Bonchev–Trinajstić information content (AvgIpc) is 3.40. The van der Waals surface area contributed by atoms with Crippen LogP contribution >= 0.6 is 0 Å². The van der Waals surface area contributed by atoms with Gasteiger partial charge in [-0.2, -0.15) is 4.98 Å². The van der Waals surface area contributed by atoms with Crippen molar-refractivity contribution in [3.8, 4) is 11.5 Å². The lowest BCUT2D eigenvalue weighted by Gasteiger charge is -2.17. The molecule has 136 valence electrons. The van der Waals surface area contributed by atoms with E-state index in [0.717, 1.165) is 29.7 Å². The largest absolute Gasteiger partial charge is 0.334 e. The van der Waals surface area contributed by atoms with Gasteiger partial charge in [-0.05, 0) is 61.1 Å². The van der Waals surface area contributed by atoms with E-state index in [4.69, 9.17) is 4.52 Å². The zero-order valence-electron chi connectivity index (χ0n) is 15.3. The third-order valence-corrected chi connectivity index (χ3v) is 5.70. The number of hydrogen-bond donors (Lipinski definition) is 0. The van der Waals surface area contributed by atoms with Gasteiger partial charge in [0.2, 0.25) is 5.91 Å². The lowest BCUT2D eigenvalue weighted by atomic mass is 10.1. The molecule has 1 amide bonds. The molecule has 1 aliphatic carbocycles. The van der Waals surface area contributed by atoms with Crippen LogP contribution in [0.5, 0.6) is 0 Å². The van der Waals surface area contributed by atoms with Crippen molar-refractivity contribution in [2.24, 2.45) is 0 Å². The van der Waals surface area contributed by atoms with E-state index in [0.29, 0.717) is 24.7 Å². The highest BCUT2D eigenvalue weighted by atomic mass is 16.5. The maximum atomic E-state index is 12.6. The zero-order chi connectivity index (χ0) is 18.4. The van der Waals surface area contributed by atoms with Crippen LogP contribution in [0.25, 0.3) is 11.5 Å². The molecule has 0 radical (unpaired) electrons. The normalized spacial score (nSPS) is 18.9. The van der Waals surface area contributed by atoms with Crippen molar-refractivity contribution in [1.82, 2.24) is 10.1 Å². The highest BCUT2D eigenvalue weighted by Gasteiger charge is 2.35. The number of amides is 1. The van der Waals surface area contributed by atoms with Crippen LogP contribution in [0.15, 0.2) is 47.0 Å². The lowest BCUT2D eigenvalue weighted by molar-refractivity contribution is -0.117. The quantitative estimate of drug-likeness (QED) is 0.708. The summed E-state index contributed by atoms with van der Waals surface area (Å²) in [5, 5.41) is 4.17. The molecule has 3 aromatic rings. The van der Waals surface area contributed by atoms with E-state index >= 15 is 0 Å². The Labute approximate surface area is 158 Å². The monoisotopic (exact) mass is 359 g/mol. The fourth-order valence-corrected chi connectivity index (χ4v) is 4.18. The molecule has 5 nitrogen and oxygen atoms in total. The number of nitrogens with zero attached hydrogens (tertiary/aromatic N) is 3. The number of anilines is 1. The van der Waals surface area contributed by atoms with Gasteiger partial charge >= 0.3 is 0 Å². The number of benzene rings is 2. The van der Waals surface area contributed by atoms with Gasteiger partial charge in [-0.1, -0.05) is 29.4 Å². The van der Waals surface area contributed by atoms with Crippen molar-refractivity contribution in [3.63, 3.8) is 0 Å². The number of carbonyl (C=O) groups is 1. The fourth-order valence-electron chi connectivity index (χ4n) is 4.18. The molecule has 1 atom stereocenters. The van der Waals surface area contributed by atoms with Crippen LogP contribution in [0.3, 0.4) is 0 Å². The summed E-state index contributed by atoms with van der Waals surface area (Å²) in [5.74, 6) is 1.23. The second-order valence-electron chi connectivity index (χ2n) is 7.48. The van der Waals surface area contributed by atoms with Gasteiger partial charge in [-0.25, -0.2) is 0 Å². The zero-order valence-corrected chi connectivity index (χ0v) is 15.3. The minimum absolute atomic E-state index is 0.0349. The van der Waals surface area contributed by atoms with Gasteiger partial charge in [0.05, 0.1) is 0 Å². The second-order valence-corrected chi connectivity index (χ2v) is 7.48. The molecule has 0 bridgehead atoms. The maximum Gasteiger partial charge on any atom is 0.258 e. The van der Waals surface area contributed by atoms with E-state index in [2.05, 4.69) is 28.3 Å². The Bertz CT molecular complexity index is 1020. The summed E-state index contributed by atoms with van der Waals surface area (Å²) in [4.78, 5) is 19.1. The molecule has 1 aliphatic heterocycles. The number of rotatable bonds is 3. The molecule has 0 N–H and O–H groups in total. The molecular formula is C22H21N3O2. The summed E-state index contributed by atoms with van der Waals surface area (Å²) in [6, 6.07) is 14.4. The second kappa shape index (κ2) is 6.34. The lowest BCUT2D eigenvalue weighted by Crippen LogP contribution is -2.24. The summed E-state index contributed by atoms with van der Waals surface area (Å²) < 4.78 is 5.49. The summed E-state index contributed by atoms with van der Waals surface area (Å²) in [7, 11) is 0. The predicted octanol–water partition coefficient (Wildman–Crippen LogP) is 4.05. The molecule has 1 aromatic heterocycles. The molecule has 2 aromatic carbocycles. The minimum atomic E-state index is -0.0349. The molecule has 5 rings (SSSR count). The maximum absolute atomic E-state index is 12.6. The Hall–Kier alpha value is -2.95. The van der Waals surface area contributed by atoms with Crippen LogP contribution in [0.4, 0.5) is 5.69 Å². The van der Waals surface area contributed by atoms with Crippen molar-refractivity contribution in [3.05, 3.63) is 65.0 Å².